The molecule has 0 unspecified atom stereocenters. The number of sulfonamides is 1. The average Bonchev–Trinajstić information content (AvgIpc) is 2.46. The van der Waals surface area contributed by atoms with E-state index in [2.05, 4.69) is 9.71 Å². The van der Waals surface area contributed by atoms with E-state index in [0.717, 1.165) is 11.8 Å². The Hall–Kier alpha value is -1.77. The first-order valence-electron chi connectivity index (χ1n) is 5.98. The Morgan fingerprint density at radius 3 is 2.14 bits per heavy atom. The van der Waals surface area contributed by atoms with Crippen LogP contribution in [0.3, 0.4) is 0 Å². The quantitative estimate of drug-likeness (QED) is 0.883. The van der Waals surface area contributed by atoms with Crippen molar-refractivity contribution in [2.45, 2.75) is 16.3 Å². The van der Waals surface area contributed by atoms with E-state index < -0.39 is 19.9 Å². The van der Waals surface area contributed by atoms with Gasteiger partial charge in [-0.15, -0.1) is 0 Å². The van der Waals surface area contributed by atoms with Gasteiger partial charge in [-0.05, 0) is 35.9 Å². The molecule has 112 valence electrons. The maximum Gasteiger partial charge on any atom is 0.240 e. The zero-order chi connectivity index (χ0) is 15.5. The lowest BCUT2D eigenvalue weighted by molar-refractivity contribution is 0.580. The molecule has 0 spiro atoms. The number of nitrogens with zero attached hydrogens (tertiary/aromatic N) is 1. The van der Waals surface area contributed by atoms with Gasteiger partial charge in [-0.3, -0.25) is 4.98 Å². The summed E-state index contributed by atoms with van der Waals surface area (Å²) in [4.78, 5) is 3.99. The summed E-state index contributed by atoms with van der Waals surface area (Å²) in [5.41, 5.74) is 0.730. The predicted molar refractivity (Wildman–Crippen MR) is 77.8 cm³/mol. The smallest absolute Gasteiger partial charge is 0.240 e. The molecule has 0 atom stereocenters. The first kappa shape index (κ1) is 15.6. The van der Waals surface area contributed by atoms with Crippen LogP contribution < -0.4 is 4.72 Å². The maximum absolute atomic E-state index is 12.1. The SMILES string of the molecule is CS(=O)(=O)c1ccc(S(=O)(=O)NCc2cccnc2)cc1. The van der Waals surface area contributed by atoms with Gasteiger partial charge in [0, 0.05) is 25.2 Å². The number of sulfone groups is 1. The van der Waals surface area contributed by atoms with Crippen molar-refractivity contribution in [3.63, 3.8) is 0 Å². The first-order valence-corrected chi connectivity index (χ1v) is 9.35. The van der Waals surface area contributed by atoms with Crippen LogP contribution in [0.25, 0.3) is 0 Å². The van der Waals surface area contributed by atoms with Crippen molar-refractivity contribution in [3.8, 4) is 0 Å². The number of hydrogen-bond donors (Lipinski definition) is 1. The molecule has 0 fully saturated rings. The van der Waals surface area contributed by atoms with Crippen molar-refractivity contribution in [1.82, 2.24) is 9.71 Å². The van der Waals surface area contributed by atoms with Gasteiger partial charge >= 0.3 is 0 Å². The fourth-order valence-corrected chi connectivity index (χ4v) is 3.28. The lowest BCUT2D eigenvalue weighted by Crippen LogP contribution is -2.23. The third kappa shape index (κ3) is 4.10. The van der Waals surface area contributed by atoms with Crippen molar-refractivity contribution < 1.29 is 16.8 Å². The Labute approximate surface area is 123 Å². The molecule has 6 nitrogen and oxygen atoms in total. The van der Waals surface area contributed by atoms with Crippen LogP contribution in [0.5, 0.6) is 0 Å². The molecule has 0 aliphatic heterocycles. The molecule has 0 saturated heterocycles. The summed E-state index contributed by atoms with van der Waals surface area (Å²) in [5, 5.41) is 0. The van der Waals surface area contributed by atoms with Crippen LogP contribution in [-0.2, 0) is 26.4 Å². The Balaban J connectivity index is 2.16. The third-order valence-corrected chi connectivity index (χ3v) is 5.30. The van der Waals surface area contributed by atoms with E-state index in [0.29, 0.717) is 0 Å². The number of pyridine rings is 1. The molecule has 0 aliphatic carbocycles. The van der Waals surface area contributed by atoms with E-state index in [9.17, 15) is 16.8 Å². The highest BCUT2D eigenvalue weighted by Gasteiger charge is 2.15. The van der Waals surface area contributed by atoms with Crippen LogP contribution in [0.15, 0.2) is 58.6 Å². The summed E-state index contributed by atoms with van der Waals surface area (Å²) in [6.45, 7) is 0.115. The highest BCUT2D eigenvalue weighted by Crippen LogP contribution is 2.14. The minimum absolute atomic E-state index is 0.0128. The number of nitrogens with one attached hydrogen (secondary N) is 1. The van der Waals surface area contributed by atoms with Crippen molar-refractivity contribution in [1.29, 1.82) is 0 Å². The van der Waals surface area contributed by atoms with Gasteiger partial charge in [-0.2, -0.15) is 0 Å². The second kappa shape index (κ2) is 5.92. The van der Waals surface area contributed by atoms with Gasteiger partial charge in [0.25, 0.3) is 0 Å². The van der Waals surface area contributed by atoms with E-state index in [4.69, 9.17) is 0 Å². The van der Waals surface area contributed by atoms with Crippen LogP contribution in [0.2, 0.25) is 0 Å². The average molecular weight is 326 g/mol. The summed E-state index contributed by atoms with van der Waals surface area (Å²) in [5.74, 6) is 0. The molecule has 2 aromatic rings. The molecule has 0 aliphatic rings. The second-order valence-electron chi connectivity index (χ2n) is 4.43. The van der Waals surface area contributed by atoms with E-state index in [-0.39, 0.29) is 16.3 Å². The normalized spacial score (nSPS) is 12.2. The van der Waals surface area contributed by atoms with Crippen LogP contribution >= 0.6 is 0 Å². The lowest BCUT2D eigenvalue weighted by Gasteiger charge is -2.07. The Bertz CT molecular complexity index is 814. The van der Waals surface area contributed by atoms with Gasteiger partial charge in [-0.1, -0.05) is 6.07 Å². The van der Waals surface area contributed by atoms with E-state index in [1.165, 1.54) is 24.3 Å². The molecule has 21 heavy (non-hydrogen) atoms. The molecule has 1 N–H and O–H groups in total. The molecular formula is C13H14N2O4S2. The largest absolute Gasteiger partial charge is 0.264 e. The zero-order valence-corrected chi connectivity index (χ0v) is 12.9. The molecule has 1 aromatic carbocycles. The monoisotopic (exact) mass is 326 g/mol. The van der Waals surface area contributed by atoms with Crippen molar-refractivity contribution in [3.05, 3.63) is 54.4 Å². The summed E-state index contributed by atoms with van der Waals surface area (Å²) in [7, 11) is -7.04. The van der Waals surface area contributed by atoms with Crippen molar-refractivity contribution in [2.75, 3.05) is 6.26 Å². The van der Waals surface area contributed by atoms with Gasteiger partial charge in [0.2, 0.25) is 10.0 Å². The number of benzene rings is 1. The first-order chi connectivity index (χ1) is 9.79. The van der Waals surface area contributed by atoms with Crippen LogP contribution in [-0.4, -0.2) is 28.1 Å². The molecule has 2 rings (SSSR count). The summed E-state index contributed by atoms with van der Waals surface area (Å²) >= 11 is 0. The Morgan fingerprint density at radius 1 is 1.00 bits per heavy atom. The fraction of sp³-hybridized carbons (Fsp3) is 0.154. The van der Waals surface area contributed by atoms with Crippen LogP contribution in [0.4, 0.5) is 0 Å². The van der Waals surface area contributed by atoms with Gasteiger partial charge < -0.3 is 0 Å². The van der Waals surface area contributed by atoms with Crippen molar-refractivity contribution in [2.24, 2.45) is 0 Å². The fourth-order valence-electron chi connectivity index (χ4n) is 1.63. The second-order valence-corrected chi connectivity index (χ2v) is 8.21. The van der Waals surface area contributed by atoms with E-state index in [1.54, 1.807) is 24.5 Å². The van der Waals surface area contributed by atoms with Gasteiger partial charge in [0.15, 0.2) is 9.84 Å². The molecule has 0 amide bonds. The summed E-state index contributed by atoms with van der Waals surface area (Å²) in [6, 6.07) is 8.54. The topological polar surface area (TPSA) is 93.2 Å². The maximum atomic E-state index is 12.1. The molecule has 0 radical (unpaired) electrons. The molecule has 8 heteroatoms. The van der Waals surface area contributed by atoms with E-state index >= 15 is 0 Å². The number of hydrogen-bond acceptors (Lipinski definition) is 5. The summed E-state index contributed by atoms with van der Waals surface area (Å²) < 4.78 is 49.3. The molecule has 1 heterocycles. The highest BCUT2D eigenvalue weighted by molar-refractivity contribution is 7.90. The van der Waals surface area contributed by atoms with Gasteiger partial charge in [0.05, 0.1) is 9.79 Å². The Morgan fingerprint density at radius 2 is 1.62 bits per heavy atom. The number of rotatable bonds is 5. The zero-order valence-electron chi connectivity index (χ0n) is 11.2. The van der Waals surface area contributed by atoms with Crippen LogP contribution in [0.1, 0.15) is 5.56 Å². The van der Waals surface area contributed by atoms with E-state index in [1.807, 2.05) is 0 Å². The van der Waals surface area contributed by atoms with Gasteiger partial charge in [0.1, 0.15) is 0 Å². The summed E-state index contributed by atoms with van der Waals surface area (Å²) in [6.07, 6.45) is 4.23. The third-order valence-electron chi connectivity index (χ3n) is 2.75. The molecule has 1 aromatic heterocycles. The lowest BCUT2D eigenvalue weighted by atomic mass is 10.3. The minimum Gasteiger partial charge on any atom is -0.264 e. The highest BCUT2D eigenvalue weighted by atomic mass is 32.2. The Kier molecular flexibility index (Phi) is 4.40. The standard InChI is InChI=1S/C13H14N2O4S2/c1-20(16,17)12-4-6-13(7-5-12)21(18,19)15-10-11-3-2-8-14-9-11/h2-9,15H,10H2,1H3. The molecular weight excluding hydrogens is 312 g/mol. The van der Waals surface area contributed by atoms with Crippen molar-refractivity contribution >= 4 is 19.9 Å². The van der Waals surface area contributed by atoms with Crippen LogP contribution in [0, 0.1) is 0 Å². The minimum atomic E-state index is -3.69. The van der Waals surface area contributed by atoms with Gasteiger partial charge in [-0.25, -0.2) is 21.6 Å². The molecule has 0 bridgehead atoms. The predicted octanol–water partition coefficient (Wildman–Crippen LogP) is 0.964. The number of aromatic nitrogens is 1. The molecule has 0 saturated carbocycles.